The lowest BCUT2D eigenvalue weighted by Crippen LogP contribution is -2.39. The minimum atomic E-state index is -0.284. The van der Waals surface area contributed by atoms with Crippen molar-refractivity contribution in [2.45, 2.75) is 46.2 Å². The Morgan fingerprint density at radius 3 is 2.80 bits per heavy atom. The summed E-state index contributed by atoms with van der Waals surface area (Å²) in [6, 6.07) is 9.54. The van der Waals surface area contributed by atoms with Crippen LogP contribution in [0.15, 0.2) is 30.3 Å². The van der Waals surface area contributed by atoms with E-state index in [2.05, 4.69) is 22.1 Å². The summed E-state index contributed by atoms with van der Waals surface area (Å²) in [4.78, 5) is 33.1. The zero-order valence-electron chi connectivity index (χ0n) is 17.5. The van der Waals surface area contributed by atoms with Gasteiger partial charge in [0.15, 0.2) is 0 Å². The average molecular weight is 423 g/mol. The highest BCUT2D eigenvalue weighted by atomic mass is 32.1. The molecule has 2 amide bonds. The average Bonchev–Trinajstić information content (AvgIpc) is 3.28. The lowest BCUT2D eigenvalue weighted by molar-refractivity contribution is -0.122. The molecule has 0 spiro atoms. The Morgan fingerprint density at radius 2 is 2.03 bits per heavy atom. The van der Waals surface area contributed by atoms with Gasteiger partial charge in [0.05, 0.1) is 10.9 Å². The van der Waals surface area contributed by atoms with E-state index < -0.39 is 0 Å². The molecule has 3 N–H and O–H groups in total. The molecule has 3 aromatic rings. The first-order valence-corrected chi connectivity index (χ1v) is 11.0. The fraction of sp³-hybridized carbons (Fsp3) is 0.348. The number of hydrogen-bond donors (Lipinski definition) is 2. The number of hydrogen-bond acceptors (Lipinski definition) is 5. The van der Waals surface area contributed by atoms with Crippen LogP contribution >= 0.6 is 11.3 Å². The molecule has 30 heavy (non-hydrogen) atoms. The van der Waals surface area contributed by atoms with Gasteiger partial charge in [-0.05, 0) is 69.0 Å². The van der Waals surface area contributed by atoms with E-state index in [4.69, 9.17) is 5.73 Å². The Morgan fingerprint density at radius 1 is 1.27 bits per heavy atom. The third-order valence-electron chi connectivity index (χ3n) is 5.76. The number of nitrogens with zero attached hydrogens (tertiary/aromatic N) is 2. The summed E-state index contributed by atoms with van der Waals surface area (Å²) in [5.41, 5.74) is 10.3. The summed E-state index contributed by atoms with van der Waals surface area (Å²) in [6.07, 6.45) is 1.74. The number of para-hydroxylation sites is 1. The van der Waals surface area contributed by atoms with Crippen LogP contribution in [0.5, 0.6) is 0 Å². The summed E-state index contributed by atoms with van der Waals surface area (Å²) >= 11 is 1.43. The van der Waals surface area contributed by atoms with Crippen molar-refractivity contribution in [3.05, 3.63) is 57.6 Å². The lowest BCUT2D eigenvalue weighted by Gasteiger charge is -2.23. The van der Waals surface area contributed by atoms with Crippen molar-refractivity contribution in [2.75, 3.05) is 11.9 Å². The van der Waals surface area contributed by atoms with Gasteiger partial charge >= 0.3 is 0 Å². The summed E-state index contributed by atoms with van der Waals surface area (Å²) < 4.78 is 0. The zero-order chi connectivity index (χ0) is 21.4. The molecule has 1 saturated heterocycles. The molecule has 0 radical (unpaired) electrons. The lowest BCUT2D eigenvalue weighted by atomic mass is 10.1. The first kappa shape index (κ1) is 20.5. The van der Waals surface area contributed by atoms with E-state index in [1.807, 2.05) is 44.2 Å². The van der Waals surface area contributed by atoms with E-state index in [1.54, 1.807) is 0 Å². The number of carbonyl (C=O) groups excluding carboxylic acids is 2. The van der Waals surface area contributed by atoms with Crippen LogP contribution in [0.2, 0.25) is 0 Å². The van der Waals surface area contributed by atoms with E-state index in [9.17, 15) is 9.59 Å². The summed E-state index contributed by atoms with van der Waals surface area (Å²) in [6.45, 7) is 7.41. The summed E-state index contributed by atoms with van der Waals surface area (Å²) in [7, 11) is 0. The molecule has 1 aliphatic rings. The molecule has 1 atom stereocenters. The zero-order valence-corrected chi connectivity index (χ0v) is 18.3. The standard InChI is InChI=1S/C23H26N4O2S/c1-13-11-14(2)25-23-19(13)15(3)20(30-23)22(29)26-17-8-5-4-7-16(17)12-27-10-6-9-18(27)21(24)28/h4-5,7-8,11,18H,6,9-10,12H2,1-3H3,(H2,24,28)(H,26,29). The highest BCUT2D eigenvalue weighted by Gasteiger charge is 2.29. The van der Waals surface area contributed by atoms with Crippen LogP contribution in [0.25, 0.3) is 10.2 Å². The smallest absolute Gasteiger partial charge is 0.266 e. The van der Waals surface area contributed by atoms with Crippen molar-refractivity contribution in [2.24, 2.45) is 5.73 Å². The number of fused-ring (bicyclic) bond motifs is 1. The number of nitrogens with one attached hydrogen (secondary N) is 1. The second-order valence-electron chi connectivity index (χ2n) is 7.96. The van der Waals surface area contributed by atoms with Crippen LogP contribution in [-0.2, 0) is 11.3 Å². The van der Waals surface area contributed by atoms with Crippen molar-refractivity contribution in [1.82, 2.24) is 9.88 Å². The maximum atomic E-state index is 13.1. The number of likely N-dealkylation sites (tertiary alicyclic amines) is 1. The molecular weight excluding hydrogens is 396 g/mol. The van der Waals surface area contributed by atoms with E-state index >= 15 is 0 Å². The summed E-state index contributed by atoms with van der Waals surface area (Å²) in [5.74, 6) is -0.416. The third kappa shape index (κ3) is 3.82. The van der Waals surface area contributed by atoms with Gasteiger partial charge in [-0.2, -0.15) is 0 Å². The van der Waals surface area contributed by atoms with Crippen LogP contribution in [0.3, 0.4) is 0 Å². The van der Waals surface area contributed by atoms with Gasteiger partial charge in [0.1, 0.15) is 4.83 Å². The van der Waals surface area contributed by atoms with E-state index in [0.717, 1.165) is 57.7 Å². The number of aromatic nitrogens is 1. The van der Waals surface area contributed by atoms with Gasteiger partial charge in [0.2, 0.25) is 5.91 Å². The third-order valence-corrected chi connectivity index (χ3v) is 6.95. The number of thiophene rings is 1. The minimum absolute atomic E-state index is 0.132. The number of aryl methyl sites for hydroxylation is 3. The molecule has 1 unspecified atom stereocenters. The quantitative estimate of drug-likeness (QED) is 0.652. The van der Waals surface area contributed by atoms with Gasteiger partial charge in [-0.3, -0.25) is 14.5 Å². The molecule has 6 nitrogen and oxygen atoms in total. The molecule has 2 aromatic heterocycles. The number of carbonyl (C=O) groups is 2. The largest absolute Gasteiger partial charge is 0.368 e. The van der Waals surface area contributed by atoms with E-state index in [1.165, 1.54) is 11.3 Å². The van der Waals surface area contributed by atoms with Gasteiger partial charge in [-0.25, -0.2) is 4.98 Å². The Balaban J connectivity index is 1.60. The van der Waals surface area contributed by atoms with Crippen molar-refractivity contribution in [3.63, 3.8) is 0 Å². The minimum Gasteiger partial charge on any atom is -0.368 e. The molecule has 1 fully saturated rings. The highest BCUT2D eigenvalue weighted by Crippen LogP contribution is 2.33. The van der Waals surface area contributed by atoms with Crippen LogP contribution in [0.4, 0.5) is 5.69 Å². The van der Waals surface area contributed by atoms with E-state index in [-0.39, 0.29) is 17.9 Å². The topological polar surface area (TPSA) is 88.3 Å². The van der Waals surface area contributed by atoms with Crippen LogP contribution in [-0.4, -0.2) is 34.3 Å². The van der Waals surface area contributed by atoms with Crippen LogP contribution in [0, 0.1) is 20.8 Å². The van der Waals surface area contributed by atoms with Crippen molar-refractivity contribution in [1.29, 1.82) is 0 Å². The van der Waals surface area contributed by atoms with E-state index in [0.29, 0.717) is 11.4 Å². The second-order valence-corrected chi connectivity index (χ2v) is 8.96. The number of benzene rings is 1. The molecule has 1 aromatic carbocycles. The van der Waals surface area contributed by atoms with Crippen LogP contribution in [0.1, 0.15) is 44.9 Å². The number of rotatable bonds is 5. The predicted molar refractivity (Wildman–Crippen MR) is 121 cm³/mol. The maximum Gasteiger partial charge on any atom is 0.266 e. The van der Waals surface area contributed by atoms with Crippen molar-refractivity contribution < 1.29 is 9.59 Å². The van der Waals surface area contributed by atoms with Gasteiger partial charge in [-0.15, -0.1) is 11.3 Å². The first-order chi connectivity index (χ1) is 14.3. The monoisotopic (exact) mass is 422 g/mol. The highest BCUT2D eigenvalue weighted by molar-refractivity contribution is 7.20. The molecule has 1 aliphatic heterocycles. The number of pyridine rings is 1. The Kier molecular flexibility index (Phi) is 5.58. The molecular formula is C23H26N4O2S. The molecule has 0 saturated carbocycles. The van der Waals surface area contributed by atoms with Gasteiger partial charge in [0.25, 0.3) is 5.91 Å². The number of primary amides is 1. The fourth-order valence-electron chi connectivity index (χ4n) is 4.35. The SMILES string of the molecule is Cc1cc(C)c2c(C)c(C(=O)Nc3ccccc3CN3CCCC3C(N)=O)sc2n1. The second kappa shape index (κ2) is 8.16. The number of anilines is 1. The predicted octanol–water partition coefficient (Wildman–Crippen LogP) is 3.92. The Labute approximate surface area is 180 Å². The molecule has 4 rings (SSSR count). The summed E-state index contributed by atoms with van der Waals surface area (Å²) in [5, 5.41) is 4.14. The number of amides is 2. The molecule has 0 bridgehead atoms. The first-order valence-electron chi connectivity index (χ1n) is 10.1. The number of nitrogens with two attached hydrogens (primary N) is 1. The molecule has 156 valence electrons. The Hall–Kier alpha value is -2.77. The molecule has 3 heterocycles. The van der Waals surface area contributed by atoms with Crippen LogP contribution < -0.4 is 11.1 Å². The maximum absolute atomic E-state index is 13.1. The van der Waals surface area contributed by atoms with Gasteiger partial charge < -0.3 is 11.1 Å². The molecule has 7 heteroatoms. The van der Waals surface area contributed by atoms with Crippen molar-refractivity contribution in [3.8, 4) is 0 Å². The van der Waals surface area contributed by atoms with Gasteiger partial charge in [-0.1, -0.05) is 18.2 Å². The van der Waals surface area contributed by atoms with Crippen molar-refractivity contribution >= 4 is 39.1 Å². The fourth-order valence-corrected chi connectivity index (χ4v) is 5.55. The molecule has 0 aliphatic carbocycles. The van der Waals surface area contributed by atoms with Gasteiger partial charge in [0, 0.05) is 23.3 Å². The Bertz CT molecular complexity index is 1140. The normalized spacial score (nSPS) is 16.8.